The topological polar surface area (TPSA) is 12.0 Å². The van der Waals surface area contributed by atoms with Gasteiger partial charge in [0.2, 0.25) is 0 Å². The lowest BCUT2D eigenvalue weighted by Crippen LogP contribution is -2.00. The van der Waals surface area contributed by atoms with Gasteiger partial charge in [0.25, 0.3) is 0 Å². The number of alkyl halides is 1. The van der Waals surface area contributed by atoms with E-state index in [1.807, 2.05) is 12.1 Å². The number of fused-ring (bicyclic) bond motifs is 1. The van der Waals surface area contributed by atoms with Crippen molar-refractivity contribution >= 4 is 5.69 Å². The van der Waals surface area contributed by atoms with Crippen molar-refractivity contribution in [3.05, 3.63) is 65.0 Å². The number of benzene rings is 2. The largest absolute Gasteiger partial charge is 0.384 e. The van der Waals surface area contributed by atoms with Gasteiger partial charge < -0.3 is 5.32 Å². The Kier molecular flexibility index (Phi) is 2.74. The van der Waals surface area contributed by atoms with Crippen molar-refractivity contribution in [3.63, 3.8) is 0 Å². The Morgan fingerprint density at radius 3 is 2.61 bits per heavy atom. The van der Waals surface area contributed by atoms with Crippen molar-refractivity contribution < 1.29 is 8.78 Å². The molecule has 3 heteroatoms. The Morgan fingerprint density at radius 2 is 1.83 bits per heavy atom. The number of hydrogen-bond donors (Lipinski definition) is 1. The lowest BCUT2D eigenvalue weighted by atomic mass is 9.99. The Bertz CT molecular complexity index is 563. The van der Waals surface area contributed by atoms with E-state index in [1.54, 1.807) is 6.07 Å². The van der Waals surface area contributed by atoms with Crippen LogP contribution in [0.5, 0.6) is 0 Å². The molecule has 0 spiro atoms. The van der Waals surface area contributed by atoms with E-state index in [1.165, 1.54) is 24.3 Å². The van der Waals surface area contributed by atoms with Crippen LogP contribution in [-0.2, 0) is 6.42 Å². The molecule has 18 heavy (non-hydrogen) atoms. The second kappa shape index (κ2) is 4.41. The van der Waals surface area contributed by atoms with E-state index >= 15 is 0 Å². The Balaban J connectivity index is 2.00. The van der Waals surface area contributed by atoms with Crippen molar-refractivity contribution in [2.75, 3.05) is 11.9 Å². The van der Waals surface area contributed by atoms with Gasteiger partial charge in [0.1, 0.15) is 5.82 Å². The molecule has 0 amide bonds. The maximum Gasteiger partial charge on any atom is 0.152 e. The summed E-state index contributed by atoms with van der Waals surface area (Å²) in [5.74, 6) is -0.345. The summed E-state index contributed by atoms with van der Waals surface area (Å²) in [7, 11) is 0. The molecule has 0 fully saturated rings. The predicted octanol–water partition coefficient (Wildman–Crippen LogP) is 3.85. The van der Waals surface area contributed by atoms with Crippen LogP contribution >= 0.6 is 0 Å². The molecule has 1 atom stereocenters. The molecule has 1 aliphatic heterocycles. The summed E-state index contributed by atoms with van der Waals surface area (Å²) in [6, 6.07) is 11.2. The quantitative estimate of drug-likeness (QED) is 0.847. The average Bonchev–Trinajstić information content (AvgIpc) is 2.87. The van der Waals surface area contributed by atoms with Crippen LogP contribution < -0.4 is 5.32 Å². The number of rotatable bonds is 2. The van der Waals surface area contributed by atoms with Crippen LogP contribution in [0.25, 0.3) is 0 Å². The fourth-order valence-electron chi connectivity index (χ4n) is 2.39. The standard InChI is InChI=1S/C15H13F2N/c16-12-6-4-10(5-7-12)14(17)13-3-1-2-11-8-9-18-15(11)13/h1-7,14,18H,8-9H2. The third kappa shape index (κ3) is 1.86. The number of anilines is 1. The summed E-state index contributed by atoms with van der Waals surface area (Å²) >= 11 is 0. The highest BCUT2D eigenvalue weighted by atomic mass is 19.1. The molecule has 0 radical (unpaired) electrons. The van der Waals surface area contributed by atoms with E-state index in [2.05, 4.69) is 5.32 Å². The summed E-state index contributed by atoms with van der Waals surface area (Å²) in [5, 5.41) is 3.22. The molecule has 0 bridgehead atoms. The van der Waals surface area contributed by atoms with Gasteiger partial charge in [0.05, 0.1) is 0 Å². The van der Waals surface area contributed by atoms with E-state index in [9.17, 15) is 8.78 Å². The first-order valence-electron chi connectivity index (χ1n) is 6.01. The van der Waals surface area contributed by atoms with Crippen molar-refractivity contribution in [2.45, 2.75) is 12.6 Å². The lowest BCUT2D eigenvalue weighted by molar-refractivity contribution is 0.402. The summed E-state index contributed by atoms with van der Waals surface area (Å²) in [5.41, 5.74) is 3.17. The van der Waals surface area contributed by atoms with Crippen LogP contribution in [0, 0.1) is 5.82 Å². The normalized spacial score (nSPS) is 15.0. The van der Waals surface area contributed by atoms with Gasteiger partial charge >= 0.3 is 0 Å². The summed E-state index contributed by atoms with van der Waals surface area (Å²) in [6.45, 7) is 0.850. The maximum absolute atomic E-state index is 14.5. The van der Waals surface area contributed by atoms with Crippen molar-refractivity contribution in [1.82, 2.24) is 0 Å². The van der Waals surface area contributed by atoms with Gasteiger partial charge in [-0.15, -0.1) is 0 Å². The highest BCUT2D eigenvalue weighted by molar-refractivity contribution is 5.63. The molecule has 92 valence electrons. The number of nitrogens with one attached hydrogen (secondary N) is 1. The third-order valence-electron chi connectivity index (χ3n) is 3.31. The third-order valence-corrected chi connectivity index (χ3v) is 3.31. The van der Waals surface area contributed by atoms with Crippen molar-refractivity contribution in [3.8, 4) is 0 Å². The second-order valence-electron chi connectivity index (χ2n) is 4.47. The van der Waals surface area contributed by atoms with Crippen LogP contribution in [0.4, 0.5) is 14.5 Å². The van der Waals surface area contributed by atoms with Gasteiger partial charge in [-0.1, -0.05) is 30.3 Å². The van der Waals surface area contributed by atoms with Gasteiger partial charge in [-0.25, -0.2) is 8.78 Å². The predicted molar refractivity (Wildman–Crippen MR) is 68.0 cm³/mol. The Labute approximate surface area is 104 Å². The molecule has 2 aromatic rings. The van der Waals surface area contributed by atoms with Gasteiger partial charge in [-0.05, 0) is 29.7 Å². The first-order chi connectivity index (χ1) is 8.75. The highest BCUT2D eigenvalue weighted by Gasteiger charge is 2.21. The summed E-state index contributed by atoms with van der Waals surface area (Å²) < 4.78 is 27.3. The molecule has 1 nitrogen and oxygen atoms in total. The van der Waals surface area contributed by atoms with E-state index in [0.29, 0.717) is 11.1 Å². The van der Waals surface area contributed by atoms with E-state index < -0.39 is 6.17 Å². The van der Waals surface area contributed by atoms with Crippen LogP contribution in [0.3, 0.4) is 0 Å². The SMILES string of the molecule is Fc1ccc(C(F)c2cccc3c2NCC3)cc1. The van der Waals surface area contributed by atoms with Gasteiger partial charge in [-0.2, -0.15) is 0 Å². The molecular weight excluding hydrogens is 232 g/mol. The monoisotopic (exact) mass is 245 g/mol. The van der Waals surface area contributed by atoms with E-state index in [4.69, 9.17) is 0 Å². The van der Waals surface area contributed by atoms with Gasteiger partial charge in [0, 0.05) is 17.8 Å². The molecule has 0 saturated carbocycles. The molecule has 2 aromatic carbocycles. The van der Waals surface area contributed by atoms with Crippen molar-refractivity contribution in [1.29, 1.82) is 0 Å². The van der Waals surface area contributed by atoms with E-state index in [-0.39, 0.29) is 5.82 Å². The number of para-hydroxylation sites is 1. The smallest absolute Gasteiger partial charge is 0.152 e. The number of hydrogen-bond acceptors (Lipinski definition) is 1. The van der Waals surface area contributed by atoms with Gasteiger partial charge in [0.15, 0.2) is 6.17 Å². The fourth-order valence-corrected chi connectivity index (χ4v) is 2.39. The molecule has 3 rings (SSSR count). The van der Waals surface area contributed by atoms with Crippen LogP contribution in [0.1, 0.15) is 22.9 Å². The summed E-state index contributed by atoms with van der Waals surface area (Å²) in [6.07, 6.45) is -0.287. The first kappa shape index (κ1) is 11.2. The van der Waals surface area contributed by atoms with Crippen LogP contribution in [0.2, 0.25) is 0 Å². The fraction of sp³-hybridized carbons (Fsp3) is 0.200. The second-order valence-corrected chi connectivity index (χ2v) is 4.47. The molecule has 0 aliphatic carbocycles. The first-order valence-corrected chi connectivity index (χ1v) is 6.01. The van der Waals surface area contributed by atoms with Gasteiger partial charge in [-0.3, -0.25) is 0 Å². The molecule has 1 heterocycles. The zero-order valence-corrected chi connectivity index (χ0v) is 9.79. The minimum atomic E-state index is -1.22. The zero-order valence-electron chi connectivity index (χ0n) is 9.79. The molecule has 1 N–H and O–H groups in total. The molecule has 0 saturated heterocycles. The molecule has 0 aromatic heterocycles. The lowest BCUT2D eigenvalue weighted by Gasteiger charge is -2.13. The van der Waals surface area contributed by atoms with E-state index in [0.717, 1.165) is 24.2 Å². The van der Waals surface area contributed by atoms with Crippen molar-refractivity contribution in [2.24, 2.45) is 0 Å². The minimum Gasteiger partial charge on any atom is -0.384 e. The molecular formula is C15H13F2N. The Hall–Kier alpha value is -1.90. The minimum absolute atomic E-state index is 0.345. The molecule has 1 aliphatic rings. The zero-order chi connectivity index (χ0) is 12.5. The van der Waals surface area contributed by atoms with Crippen LogP contribution in [0.15, 0.2) is 42.5 Å². The average molecular weight is 245 g/mol. The Morgan fingerprint density at radius 1 is 1.06 bits per heavy atom. The van der Waals surface area contributed by atoms with Crippen LogP contribution in [-0.4, -0.2) is 6.54 Å². The number of halogens is 2. The summed E-state index contributed by atoms with van der Waals surface area (Å²) in [4.78, 5) is 0. The maximum atomic E-state index is 14.5. The highest BCUT2D eigenvalue weighted by Crippen LogP contribution is 2.36. The molecule has 1 unspecified atom stereocenters.